The minimum atomic E-state index is -1.33. The summed E-state index contributed by atoms with van der Waals surface area (Å²) >= 11 is 0. The molecule has 1 amide bonds. The van der Waals surface area contributed by atoms with E-state index in [0.29, 0.717) is 43.8 Å². The molecule has 0 unspecified atom stereocenters. The molecule has 0 aromatic carbocycles. The van der Waals surface area contributed by atoms with E-state index in [1.165, 1.54) is 0 Å². The normalized spacial score (nSPS) is 34.7. The molecule has 3 saturated carbocycles. The van der Waals surface area contributed by atoms with Crippen LogP contribution < -0.4 is 10.6 Å². The summed E-state index contributed by atoms with van der Waals surface area (Å²) in [5, 5.41) is 20.4. The highest BCUT2D eigenvalue weighted by Gasteiger charge is 2.77. The fourth-order valence-electron chi connectivity index (χ4n) is 7.42. The lowest BCUT2D eigenvalue weighted by atomic mass is 9.61. The molecule has 1 spiro atoms. The number of carbonyl (C=O) groups is 2. The second-order valence-corrected chi connectivity index (χ2v) is 10.3. The van der Waals surface area contributed by atoms with E-state index in [1.807, 2.05) is 0 Å². The molecule has 3 aliphatic carbocycles. The van der Waals surface area contributed by atoms with Crippen LogP contribution >= 0.6 is 0 Å². The number of aliphatic carboxylic acids is 1. The van der Waals surface area contributed by atoms with Gasteiger partial charge in [0, 0.05) is 6.07 Å². The van der Waals surface area contributed by atoms with E-state index in [1.54, 1.807) is 13.0 Å². The van der Waals surface area contributed by atoms with Gasteiger partial charge in [-0.3, -0.25) is 9.59 Å². The second kappa shape index (κ2) is 7.29. The molecule has 5 rings (SSSR count). The van der Waals surface area contributed by atoms with Crippen molar-refractivity contribution in [2.75, 3.05) is 13.1 Å². The molecule has 2 bridgehead atoms. The standard InChI is InChI=1S/C23H32FN3O4/c1-14-12-15(27-31-14)13-26-20(30)23(7-4-21(24)8-10-25-11-9-21)17-3-2-16(18(23)19(28)29)22(17)5-6-22/h12,16-18,25H,2-11,13H2,1H3,(H,26,30)(H,28,29)/t16-,17+,18+,23-/m1/s1. The van der Waals surface area contributed by atoms with Crippen molar-refractivity contribution < 1.29 is 23.6 Å². The lowest BCUT2D eigenvalue weighted by molar-refractivity contribution is -0.158. The Morgan fingerprint density at radius 1 is 1.26 bits per heavy atom. The Balaban J connectivity index is 1.44. The van der Waals surface area contributed by atoms with Crippen LogP contribution in [-0.4, -0.2) is 40.9 Å². The van der Waals surface area contributed by atoms with Crippen LogP contribution in [0.5, 0.6) is 0 Å². The lowest BCUT2D eigenvalue weighted by Crippen LogP contribution is -2.53. The van der Waals surface area contributed by atoms with Crippen LogP contribution in [0, 0.1) is 35.5 Å². The quantitative estimate of drug-likeness (QED) is 0.611. The van der Waals surface area contributed by atoms with E-state index >= 15 is 4.39 Å². The van der Waals surface area contributed by atoms with Crippen LogP contribution in [0.1, 0.15) is 62.8 Å². The number of carbonyl (C=O) groups excluding carboxylic acids is 1. The third-order valence-electron chi connectivity index (χ3n) is 8.89. The predicted octanol–water partition coefficient (Wildman–Crippen LogP) is 2.98. The highest BCUT2D eigenvalue weighted by atomic mass is 19.1. The zero-order valence-electron chi connectivity index (χ0n) is 18.1. The highest BCUT2D eigenvalue weighted by molar-refractivity contribution is 5.90. The summed E-state index contributed by atoms with van der Waals surface area (Å²) in [4.78, 5) is 26.3. The second-order valence-electron chi connectivity index (χ2n) is 10.3. The molecule has 170 valence electrons. The Kier molecular flexibility index (Phi) is 4.92. The number of hydrogen-bond donors (Lipinski definition) is 3. The first-order chi connectivity index (χ1) is 14.8. The maximum atomic E-state index is 15.6. The van der Waals surface area contributed by atoms with Crippen LogP contribution in [0.25, 0.3) is 0 Å². The summed E-state index contributed by atoms with van der Waals surface area (Å²) < 4.78 is 20.6. The first-order valence-corrected chi connectivity index (χ1v) is 11.6. The average molecular weight is 434 g/mol. The van der Waals surface area contributed by atoms with Gasteiger partial charge in [-0.15, -0.1) is 0 Å². The van der Waals surface area contributed by atoms with Gasteiger partial charge in [0.2, 0.25) is 5.91 Å². The number of amides is 1. The summed E-state index contributed by atoms with van der Waals surface area (Å²) in [6.07, 6.45) is 5.10. The van der Waals surface area contributed by atoms with E-state index in [4.69, 9.17) is 4.52 Å². The maximum absolute atomic E-state index is 15.6. The Morgan fingerprint density at radius 2 is 2.00 bits per heavy atom. The average Bonchev–Trinajstić information content (AvgIpc) is 3.23. The summed E-state index contributed by atoms with van der Waals surface area (Å²) in [7, 11) is 0. The molecule has 4 aliphatic rings. The Morgan fingerprint density at radius 3 is 2.61 bits per heavy atom. The number of aromatic nitrogens is 1. The maximum Gasteiger partial charge on any atom is 0.307 e. The SMILES string of the molecule is Cc1cc(CNC(=O)[C@@]2(CCC3(F)CCNCC3)[C@H](C(=O)O)[C@H]3CC[C@H]2C32CC2)no1. The van der Waals surface area contributed by atoms with Crippen LogP contribution in [0.2, 0.25) is 0 Å². The van der Waals surface area contributed by atoms with E-state index in [-0.39, 0.29) is 36.1 Å². The van der Waals surface area contributed by atoms with E-state index in [2.05, 4.69) is 15.8 Å². The van der Waals surface area contributed by atoms with Crippen molar-refractivity contribution in [3.05, 3.63) is 17.5 Å². The van der Waals surface area contributed by atoms with Gasteiger partial charge in [-0.2, -0.15) is 0 Å². The lowest BCUT2D eigenvalue weighted by Gasteiger charge is -2.43. The fraction of sp³-hybridized carbons (Fsp3) is 0.783. The smallest absolute Gasteiger partial charge is 0.307 e. The predicted molar refractivity (Wildman–Crippen MR) is 110 cm³/mol. The summed E-state index contributed by atoms with van der Waals surface area (Å²) in [6, 6.07) is 1.76. The fourth-order valence-corrected chi connectivity index (χ4v) is 7.42. The van der Waals surface area contributed by atoms with Gasteiger partial charge in [0.05, 0.1) is 17.9 Å². The Hall–Kier alpha value is -1.96. The molecule has 1 aliphatic heterocycles. The van der Waals surface area contributed by atoms with Gasteiger partial charge < -0.3 is 20.3 Å². The van der Waals surface area contributed by atoms with Crippen molar-refractivity contribution in [3.8, 4) is 0 Å². The largest absolute Gasteiger partial charge is 0.481 e. The summed E-state index contributed by atoms with van der Waals surface area (Å²) in [6.45, 7) is 3.23. The molecule has 7 nitrogen and oxygen atoms in total. The molecule has 1 aromatic heterocycles. The summed E-state index contributed by atoms with van der Waals surface area (Å²) in [5.74, 6) is -1.17. The van der Waals surface area contributed by atoms with Crippen LogP contribution in [0.15, 0.2) is 10.6 Å². The number of nitrogens with zero attached hydrogens (tertiary/aromatic N) is 1. The number of hydrogen-bond acceptors (Lipinski definition) is 5. The number of halogens is 1. The van der Waals surface area contributed by atoms with Crippen LogP contribution in [0.4, 0.5) is 4.39 Å². The van der Waals surface area contributed by atoms with Crippen molar-refractivity contribution in [2.24, 2.45) is 28.6 Å². The third kappa shape index (κ3) is 3.20. The summed E-state index contributed by atoms with van der Waals surface area (Å²) in [5.41, 5.74) is -1.79. The van der Waals surface area contributed by atoms with Crippen molar-refractivity contribution in [3.63, 3.8) is 0 Å². The molecule has 1 aromatic rings. The van der Waals surface area contributed by atoms with Crippen molar-refractivity contribution >= 4 is 11.9 Å². The topological polar surface area (TPSA) is 104 Å². The highest BCUT2D eigenvalue weighted by Crippen LogP contribution is 2.79. The molecule has 1 saturated heterocycles. The molecule has 4 atom stereocenters. The number of carboxylic acid groups (broad SMARTS) is 1. The number of carboxylic acids is 1. The van der Waals surface area contributed by atoms with Gasteiger partial charge in [-0.05, 0) is 88.6 Å². The van der Waals surface area contributed by atoms with Gasteiger partial charge in [0.1, 0.15) is 17.1 Å². The van der Waals surface area contributed by atoms with Gasteiger partial charge >= 0.3 is 5.97 Å². The first kappa shape index (κ1) is 20.9. The van der Waals surface area contributed by atoms with E-state index in [0.717, 1.165) is 25.7 Å². The zero-order valence-corrected chi connectivity index (χ0v) is 18.1. The number of alkyl halides is 1. The van der Waals surface area contributed by atoms with Crippen LogP contribution in [-0.2, 0) is 16.1 Å². The molecular formula is C23H32FN3O4. The molecule has 2 heterocycles. The van der Waals surface area contributed by atoms with Crippen molar-refractivity contribution in [1.29, 1.82) is 0 Å². The van der Waals surface area contributed by atoms with E-state index < -0.39 is 23.0 Å². The van der Waals surface area contributed by atoms with Crippen LogP contribution in [0.3, 0.4) is 0 Å². The first-order valence-electron chi connectivity index (χ1n) is 11.6. The third-order valence-corrected chi connectivity index (χ3v) is 8.89. The zero-order chi connectivity index (χ0) is 21.9. The van der Waals surface area contributed by atoms with Gasteiger partial charge in [-0.1, -0.05) is 5.16 Å². The monoisotopic (exact) mass is 433 g/mol. The van der Waals surface area contributed by atoms with E-state index in [9.17, 15) is 14.7 Å². The minimum absolute atomic E-state index is 0.0236. The Bertz CT molecular complexity index is 876. The number of nitrogens with one attached hydrogen (secondary N) is 2. The molecule has 0 radical (unpaired) electrons. The van der Waals surface area contributed by atoms with Gasteiger partial charge in [-0.25, -0.2) is 4.39 Å². The van der Waals surface area contributed by atoms with Crippen molar-refractivity contribution in [1.82, 2.24) is 15.8 Å². The molecule has 3 N–H and O–H groups in total. The molecular weight excluding hydrogens is 401 g/mol. The minimum Gasteiger partial charge on any atom is -0.481 e. The van der Waals surface area contributed by atoms with Gasteiger partial charge in [0.15, 0.2) is 0 Å². The number of piperidine rings is 1. The molecule has 4 fully saturated rings. The van der Waals surface area contributed by atoms with Crippen molar-refractivity contribution in [2.45, 2.75) is 70.5 Å². The molecule has 8 heteroatoms. The van der Waals surface area contributed by atoms with Gasteiger partial charge in [0.25, 0.3) is 0 Å². The Labute approximate surface area is 181 Å². The number of aryl methyl sites for hydroxylation is 1. The number of rotatable bonds is 7. The molecule has 31 heavy (non-hydrogen) atoms.